The van der Waals surface area contributed by atoms with Gasteiger partial charge in [0.05, 0.1) is 5.69 Å². The second-order valence-corrected chi connectivity index (χ2v) is 10.2. The second kappa shape index (κ2) is 10.1. The molecule has 4 unspecified atom stereocenters. The van der Waals surface area contributed by atoms with Crippen molar-refractivity contribution in [2.45, 2.75) is 51.2 Å². The molecule has 1 saturated heterocycles. The van der Waals surface area contributed by atoms with Crippen molar-refractivity contribution in [2.75, 3.05) is 38.0 Å². The Kier molecular flexibility index (Phi) is 6.91. The number of carbonyl (C=O) groups excluding carboxylic acids is 1. The molecule has 188 valence electrons. The van der Waals surface area contributed by atoms with E-state index in [4.69, 9.17) is 5.73 Å². The third kappa shape index (κ3) is 5.12. The van der Waals surface area contributed by atoms with Gasteiger partial charge in [-0.3, -0.25) is 14.8 Å². The third-order valence-electron chi connectivity index (χ3n) is 7.99. The van der Waals surface area contributed by atoms with Crippen molar-refractivity contribution in [1.29, 1.82) is 0 Å². The standard InChI is InChI=1S/C26H37N7O2/c1-3-32(23-16-22(27)20-15-21(20)23)17(2)14-18-4-6-19(7-5-18)33-11-8-24(30-26(33)35)29-25(34)31-12-9-28-10-13-31/h4-8,11,17,20-23,28H,3,9-10,12-16,27H2,1-2H3,(H,29,30,34,35)/t17?,20?,21?,22-,23?/m0/s1. The number of nitrogens with two attached hydrogens (primary N) is 1. The number of amides is 2. The first-order valence-electron chi connectivity index (χ1n) is 12.9. The van der Waals surface area contributed by atoms with Crippen molar-refractivity contribution < 1.29 is 4.79 Å². The van der Waals surface area contributed by atoms with Crippen LogP contribution in [0.1, 0.15) is 32.3 Å². The molecule has 9 nitrogen and oxygen atoms in total. The number of likely N-dealkylation sites (N-methyl/N-ethyl adjacent to an activating group) is 1. The zero-order valence-corrected chi connectivity index (χ0v) is 20.7. The Bertz CT molecular complexity index is 1100. The number of hydrogen-bond donors (Lipinski definition) is 3. The number of hydrogen-bond acceptors (Lipinski definition) is 6. The van der Waals surface area contributed by atoms with Gasteiger partial charge in [-0.2, -0.15) is 4.98 Å². The Morgan fingerprint density at radius 3 is 2.54 bits per heavy atom. The molecule has 2 heterocycles. The van der Waals surface area contributed by atoms with E-state index in [2.05, 4.69) is 46.5 Å². The Balaban J connectivity index is 1.21. The summed E-state index contributed by atoms with van der Waals surface area (Å²) in [5, 5.41) is 5.94. The summed E-state index contributed by atoms with van der Waals surface area (Å²) in [4.78, 5) is 33.4. The number of aromatic nitrogens is 2. The topological polar surface area (TPSA) is 109 Å². The van der Waals surface area contributed by atoms with Crippen LogP contribution in [0.4, 0.5) is 10.6 Å². The number of rotatable bonds is 7. The maximum atomic E-state index is 12.7. The van der Waals surface area contributed by atoms with E-state index in [1.165, 1.54) is 16.6 Å². The summed E-state index contributed by atoms with van der Waals surface area (Å²) < 4.78 is 1.50. The minimum atomic E-state index is -0.419. The van der Waals surface area contributed by atoms with Crippen LogP contribution in [-0.2, 0) is 6.42 Å². The zero-order valence-electron chi connectivity index (χ0n) is 20.7. The van der Waals surface area contributed by atoms with Crippen LogP contribution in [0.25, 0.3) is 5.69 Å². The van der Waals surface area contributed by atoms with Crippen LogP contribution in [0, 0.1) is 11.8 Å². The first kappa shape index (κ1) is 24.0. The molecule has 2 saturated carbocycles. The smallest absolute Gasteiger partial charge is 0.327 e. The third-order valence-corrected chi connectivity index (χ3v) is 7.99. The first-order valence-corrected chi connectivity index (χ1v) is 12.9. The summed E-state index contributed by atoms with van der Waals surface area (Å²) in [6.45, 7) is 8.40. The number of piperazine rings is 1. The van der Waals surface area contributed by atoms with Gasteiger partial charge in [0.15, 0.2) is 0 Å². The molecule has 4 N–H and O–H groups in total. The van der Waals surface area contributed by atoms with Crippen molar-refractivity contribution >= 4 is 11.8 Å². The lowest BCUT2D eigenvalue weighted by atomic mass is 10.0. The molecular formula is C26H37N7O2. The Morgan fingerprint density at radius 1 is 1.20 bits per heavy atom. The zero-order chi connectivity index (χ0) is 24.5. The number of nitrogens with one attached hydrogen (secondary N) is 2. The predicted molar refractivity (Wildman–Crippen MR) is 137 cm³/mol. The van der Waals surface area contributed by atoms with Crippen LogP contribution in [0.5, 0.6) is 0 Å². The quantitative estimate of drug-likeness (QED) is 0.557. The van der Waals surface area contributed by atoms with E-state index in [-0.39, 0.29) is 11.8 Å². The number of benzene rings is 1. The minimum Gasteiger partial charge on any atom is -0.327 e. The summed E-state index contributed by atoms with van der Waals surface area (Å²) in [5.74, 6) is 1.80. The number of anilines is 1. The van der Waals surface area contributed by atoms with Gasteiger partial charge < -0.3 is 16.0 Å². The fraction of sp³-hybridized carbons (Fsp3) is 0.577. The van der Waals surface area contributed by atoms with Gasteiger partial charge in [0.2, 0.25) is 0 Å². The highest BCUT2D eigenvalue weighted by molar-refractivity contribution is 5.88. The molecule has 9 heteroatoms. The number of urea groups is 1. The van der Waals surface area contributed by atoms with Gasteiger partial charge in [-0.15, -0.1) is 0 Å². The molecule has 0 bridgehead atoms. The average molecular weight is 480 g/mol. The number of nitrogens with zero attached hydrogens (tertiary/aromatic N) is 4. The second-order valence-electron chi connectivity index (χ2n) is 10.2. The van der Waals surface area contributed by atoms with Gasteiger partial charge in [0.25, 0.3) is 0 Å². The van der Waals surface area contributed by atoms with Crippen LogP contribution >= 0.6 is 0 Å². The highest BCUT2D eigenvalue weighted by atomic mass is 16.2. The molecule has 2 aromatic rings. The fourth-order valence-electron chi connectivity index (χ4n) is 6.03. The Labute approximate surface area is 206 Å². The lowest BCUT2D eigenvalue weighted by Gasteiger charge is -2.35. The molecule has 2 amide bonds. The van der Waals surface area contributed by atoms with Crippen LogP contribution in [0.3, 0.4) is 0 Å². The van der Waals surface area contributed by atoms with Crippen molar-refractivity contribution in [3.05, 3.63) is 52.6 Å². The lowest BCUT2D eigenvalue weighted by Crippen LogP contribution is -2.48. The number of carbonyl (C=O) groups is 1. The van der Waals surface area contributed by atoms with Crippen LogP contribution in [0.15, 0.2) is 41.3 Å². The Hall–Kier alpha value is -2.75. The van der Waals surface area contributed by atoms with E-state index in [0.717, 1.165) is 50.0 Å². The van der Waals surface area contributed by atoms with Gasteiger partial charge in [-0.05, 0) is 68.3 Å². The van der Waals surface area contributed by atoms with E-state index in [0.29, 0.717) is 31.2 Å². The summed E-state index contributed by atoms with van der Waals surface area (Å²) in [6, 6.07) is 11.0. The fourth-order valence-corrected chi connectivity index (χ4v) is 6.03. The van der Waals surface area contributed by atoms with E-state index in [9.17, 15) is 9.59 Å². The highest BCUT2D eigenvalue weighted by Gasteiger charge is 2.54. The summed E-state index contributed by atoms with van der Waals surface area (Å²) >= 11 is 0. The van der Waals surface area contributed by atoms with Gasteiger partial charge in [-0.1, -0.05) is 19.1 Å². The Morgan fingerprint density at radius 2 is 1.94 bits per heavy atom. The van der Waals surface area contributed by atoms with Crippen LogP contribution < -0.4 is 22.1 Å². The van der Waals surface area contributed by atoms with E-state index >= 15 is 0 Å². The molecule has 0 radical (unpaired) electrons. The molecule has 3 fully saturated rings. The summed E-state index contributed by atoms with van der Waals surface area (Å²) in [5.41, 5.74) is 7.91. The molecule has 2 aliphatic carbocycles. The van der Waals surface area contributed by atoms with Gasteiger partial charge in [0.1, 0.15) is 5.82 Å². The SMILES string of the molecule is CCN(C(C)Cc1ccc(-n2ccc(NC(=O)N3CCNCC3)nc2=O)cc1)C1C[C@H](N)C2CC21. The molecule has 5 rings (SSSR count). The summed E-state index contributed by atoms with van der Waals surface area (Å²) in [6.07, 6.45) is 5.04. The van der Waals surface area contributed by atoms with Crippen molar-refractivity contribution in [3.8, 4) is 5.69 Å². The predicted octanol–water partition coefficient (Wildman–Crippen LogP) is 1.66. The molecule has 1 aromatic carbocycles. The molecular weight excluding hydrogens is 442 g/mol. The molecule has 1 aliphatic heterocycles. The number of fused-ring (bicyclic) bond motifs is 1. The van der Waals surface area contributed by atoms with Gasteiger partial charge in [-0.25, -0.2) is 9.59 Å². The van der Waals surface area contributed by atoms with E-state index < -0.39 is 5.69 Å². The lowest BCUT2D eigenvalue weighted by molar-refractivity contribution is 0.136. The maximum absolute atomic E-state index is 12.7. The van der Waals surface area contributed by atoms with Crippen LogP contribution in [0.2, 0.25) is 0 Å². The summed E-state index contributed by atoms with van der Waals surface area (Å²) in [7, 11) is 0. The van der Waals surface area contributed by atoms with Gasteiger partial charge >= 0.3 is 11.7 Å². The molecule has 0 spiro atoms. The van der Waals surface area contributed by atoms with Crippen molar-refractivity contribution in [3.63, 3.8) is 0 Å². The van der Waals surface area contributed by atoms with E-state index in [1.54, 1.807) is 17.2 Å². The van der Waals surface area contributed by atoms with E-state index in [1.807, 2.05) is 12.1 Å². The average Bonchev–Trinajstić information content (AvgIpc) is 3.60. The van der Waals surface area contributed by atoms with Crippen molar-refractivity contribution in [2.24, 2.45) is 17.6 Å². The van der Waals surface area contributed by atoms with Gasteiger partial charge in [0, 0.05) is 50.5 Å². The molecule has 35 heavy (non-hydrogen) atoms. The first-order chi connectivity index (χ1) is 16.9. The van der Waals surface area contributed by atoms with Crippen molar-refractivity contribution in [1.82, 2.24) is 24.7 Å². The molecule has 5 atom stereocenters. The minimum absolute atomic E-state index is 0.229. The molecule has 1 aromatic heterocycles. The van der Waals surface area contributed by atoms with Crippen LogP contribution in [-0.4, -0.2) is 76.2 Å². The largest absolute Gasteiger partial charge is 0.354 e. The maximum Gasteiger partial charge on any atom is 0.354 e. The molecule has 3 aliphatic rings. The monoisotopic (exact) mass is 479 g/mol. The normalized spacial score (nSPS) is 26.5. The highest BCUT2D eigenvalue weighted by Crippen LogP contribution is 2.53.